The Bertz CT molecular complexity index is 792. The van der Waals surface area contributed by atoms with Gasteiger partial charge >= 0.3 is 5.97 Å². The first-order chi connectivity index (χ1) is 11.5. The number of rotatable bonds is 5. The van der Waals surface area contributed by atoms with Crippen molar-refractivity contribution in [2.24, 2.45) is 0 Å². The van der Waals surface area contributed by atoms with E-state index in [0.717, 1.165) is 25.1 Å². The van der Waals surface area contributed by atoms with E-state index in [4.69, 9.17) is 9.47 Å². The minimum Gasteiger partial charge on any atom is -0.462 e. The van der Waals surface area contributed by atoms with Crippen molar-refractivity contribution in [1.82, 2.24) is 9.97 Å². The van der Waals surface area contributed by atoms with Crippen LogP contribution in [0.5, 0.6) is 11.5 Å². The summed E-state index contributed by atoms with van der Waals surface area (Å²) in [5, 5.41) is 0. The van der Waals surface area contributed by atoms with E-state index < -0.39 is 17.7 Å². The van der Waals surface area contributed by atoms with Crippen LogP contribution in [0.4, 0.5) is 8.78 Å². The van der Waals surface area contributed by atoms with Crippen molar-refractivity contribution in [3.05, 3.63) is 47.0 Å². The summed E-state index contributed by atoms with van der Waals surface area (Å²) in [5.74, 6) is -1.92. The topological polar surface area (TPSA) is 61.3 Å². The van der Waals surface area contributed by atoms with Crippen LogP contribution in [-0.4, -0.2) is 22.5 Å². The first-order valence-corrected chi connectivity index (χ1v) is 7.67. The van der Waals surface area contributed by atoms with Gasteiger partial charge in [0.15, 0.2) is 11.6 Å². The maximum Gasteiger partial charge on any atom is 0.345 e. The highest BCUT2D eigenvalue weighted by atomic mass is 19.1. The molecule has 1 aliphatic rings. The van der Waals surface area contributed by atoms with Crippen LogP contribution >= 0.6 is 0 Å². The summed E-state index contributed by atoms with van der Waals surface area (Å²) < 4.78 is 38.1. The molecule has 0 atom stereocenters. The molecule has 0 bridgehead atoms. The molecule has 0 saturated heterocycles. The first kappa shape index (κ1) is 16.3. The average Bonchev–Trinajstić information content (AvgIpc) is 3.35. The molecule has 1 fully saturated rings. The normalized spacial score (nSPS) is 13.7. The van der Waals surface area contributed by atoms with Crippen molar-refractivity contribution in [3.63, 3.8) is 0 Å². The first-order valence-electron chi connectivity index (χ1n) is 7.67. The number of hydrogen-bond acceptors (Lipinski definition) is 5. The van der Waals surface area contributed by atoms with Gasteiger partial charge in [0.2, 0.25) is 5.95 Å². The Labute approximate surface area is 137 Å². The van der Waals surface area contributed by atoms with Crippen LogP contribution in [0.3, 0.4) is 0 Å². The molecule has 2 aromatic rings. The second-order valence-corrected chi connectivity index (χ2v) is 5.51. The van der Waals surface area contributed by atoms with Crippen molar-refractivity contribution in [2.45, 2.75) is 32.6 Å². The minimum atomic E-state index is -0.819. The highest BCUT2D eigenvalue weighted by Crippen LogP contribution is 2.46. The predicted molar refractivity (Wildman–Crippen MR) is 81.1 cm³/mol. The zero-order valence-electron chi connectivity index (χ0n) is 13.3. The fourth-order valence-corrected chi connectivity index (χ4v) is 2.37. The van der Waals surface area contributed by atoms with E-state index in [1.54, 1.807) is 13.8 Å². The number of carbonyl (C=O) groups is 1. The molecule has 3 rings (SSSR count). The molecule has 24 heavy (non-hydrogen) atoms. The Balaban J connectivity index is 2.09. The summed E-state index contributed by atoms with van der Waals surface area (Å²) in [5.41, 5.74) is 0.497. The van der Waals surface area contributed by atoms with Gasteiger partial charge in [-0.25, -0.2) is 14.2 Å². The van der Waals surface area contributed by atoms with Gasteiger partial charge in [-0.05, 0) is 38.8 Å². The van der Waals surface area contributed by atoms with Gasteiger partial charge in [0.1, 0.15) is 11.3 Å². The Morgan fingerprint density at radius 1 is 1.33 bits per heavy atom. The highest BCUT2D eigenvalue weighted by molar-refractivity contribution is 5.93. The number of esters is 1. The number of hydrogen-bond donors (Lipinski definition) is 0. The van der Waals surface area contributed by atoms with Crippen LogP contribution in [-0.2, 0) is 4.74 Å². The summed E-state index contributed by atoms with van der Waals surface area (Å²) in [6.45, 7) is 3.30. The monoisotopic (exact) mass is 334 g/mol. The minimum absolute atomic E-state index is 0.0208. The molecule has 0 unspecified atom stereocenters. The van der Waals surface area contributed by atoms with Crippen molar-refractivity contribution >= 4 is 5.97 Å². The van der Waals surface area contributed by atoms with Crippen molar-refractivity contribution in [3.8, 4) is 11.5 Å². The number of pyridine rings is 2. The second kappa shape index (κ2) is 6.51. The van der Waals surface area contributed by atoms with E-state index in [1.807, 2.05) is 0 Å². The van der Waals surface area contributed by atoms with Gasteiger partial charge in [0.25, 0.3) is 0 Å². The molecule has 7 heteroatoms. The van der Waals surface area contributed by atoms with Crippen LogP contribution in [0, 0.1) is 18.7 Å². The molecule has 0 spiro atoms. The van der Waals surface area contributed by atoms with E-state index >= 15 is 0 Å². The van der Waals surface area contributed by atoms with Gasteiger partial charge in [0.05, 0.1) is 24.2 Å². The molecule has 2 heterocycles. The second-order valence-electron chi connectivity index (χ2n) is 5.51. The standard InChI is InChI=1S/C17H16F2N2O3/c1-3-23-17(22)14-11(18)8-20-15(10-4-5-10)16(14)24-12-6-7-13(19)21-9(12)2/h6-8,10H,3-5H2,1-2H3. The SMILES string of the molecule is CCOC(=O)c1c(F)cnc(C2CC2)c1Oc1ccc(F)nc1C. The lowest BCUT2D eigenvalue weighted by Gasteiger charge is -2.15. The zero-order chi connectivity index (χ0) is 17.3. The average molecular weight is 334 g/mol. The lowest BCUT2D eigenvalue weighted by Crippen LogP contribution is -2.12. The molecular weight excluding hydrogens is 318 g/mol. The van der Waals surface area contributed by atoms with E-state index in [1.165, 1.54) is 6.07 Å². The summed E-state index contributed by atoms with van der Waals surface area (Å²) in [4.78, 5) is 19.9. The van der Waals surface area contributed by atoms with Gasteiger partial charge in [-0.1, -0.05) is 0 Å². The number of aromatic nitrogens is 2. The molecule has 0 aromatic carbocycles. The number of ether oxygens (including phenoxy) is 2. The van der Waals surface area contributed by atoms with Crippen LogP contribution in [0.15, 0.2) is 18.3 Å². The Kier molecular flexibility index (Phi) is 4.42. The molecule has 0 radical (unpaired) electrons. The van der Waals surface area contributed by atoms with Crippen LogP contribution in [0.1, 0.15) is 47.4 Å². The zero-order valence-corrected chi connectivity index (χ0v) is 13.3. The molecule has 0 N–H and O–H groups in total. The number of halogens is 2. The third-order valence-corrected chi connectivity index (χ3v) is 3.67. The summed E-state index contributed by atoms with van der Waals surface area (Å²) in [7, 11) is 0. The highest BCUT2D eigenvalue weighted by Gasteiger charge is 2.33. The van der Waals surface area contributed by atoms with Gasteiger partial charge < -0.3 is 9.47 Å². The maximum absolute atomic E-state index is 14.2. The summed E-state index contributed by atoms with van der Waals surface area (Å²) >= 11 is 0. The van der Waals surface area contributed by atoms with E-state index in [-0.39, 0.29) is 35.3 Å². The quantitative estimate of drug-likeness (QED) is 0.613. The lowest BCUT2D eigenvalue weighted by molar-refractivity contribution is 0.0517. The van der Waals surface area contributed by atoms with E-state index in [2.05, 4.69) is 9.97 Å². The molecule has 126 valence electrons. The lowest BCUT2D eigenvalue weighted by atomic mass is 10.1. The Morgan fingerprint density at radius 3 is 2.71 bits per heavy atom. The third kappa shape index (κ3) is 3.20. The largest absolute Gasteiger partial charge is 0.462 e. The molecular formula is C17H16F2N2O3. The summed E-state index contributed by atoms with van der Waals surface area (Å²) in [6.07, 6.45) is 2.78. The fraction of sp³-hybridized carbons (Fsp3) is 0.353. The number of aryl methyl sites for hydroxylation is 1. The Morgan fingerprint density at radius 2 is 2.08 bits per heavy atom. The molecule has 0 amide bonds. The van der Waals surface area contributed by atoms with Crippen LogP contribution in [0.2, 0.25) is 0 Å². The van der Waals surface area contributed by atoms with E-state index in [9.17, 15) is 13.6 Å². The van der Waals surface area contributed by atoms with Crippen molar-refractivity contribution in [2.75, 3.05) is 6.61 Å². The smallest absolute Gasteiger partial charge is 0.345 e. The Hall–Kier alpha value is -2.57. The maximum atomic E-state index is 14.2. The third-order valence-electron chi connectivity index (χ3n) is 3.67. The number of carbonyl (C=O) groups excluding carboxylic acids is 1. The number of nitrogens with zero attached hydrogens (tertiary/aromatic N) is 2. The molecule has 1 aliphatic carbocycles. The molecule has 5 nitrogen and oxygen atoms in total. The van der Waals surface area contributed by atoms with Gasteiger partial charge in [-0.3, -0.25) is 4.98 Å². The fourth-order valence-electron chi connectivity index (χ4n) is 2.37. The van der Waals surface area contributed by atoms with Gasteiger partial charge in [0, 0.05) is 5.92 Å². The van der Waals surface area contributed by atoms with Gasteiger partial charge in [-0.15, -0.1) is 0 Å². The summed E-state index contributed by atoms with van der Waals surface area (Å²) in [6, 6.07) is 2.52. The van der Waals surface area contributed by atoms with Gasteiger partial charge in [-0.2, -0.15) is 4.39 Å². The molecule has 0 aliphatic heterocycles. The van der Waals surface area contributed by atoms with Crippen LogP contribution < -0.4 is 4.74 Å². The van der Waals surface area contributed by atoms with Crippen LogP contribution in [0.25, 0.3) is 0 Å². The van der Waals surface area contributed by atoms with Crippen molar-refractivity contribution in [1.29, 1.82) is 0 Å². The predicted octanol–water partition coefficient (Wildman–Crippen LogP) is 3.91. The molecule has 1 saturated carbocycles. The van der Waals surface area contributed by atoms with E-state index in [0.29, 0.717) is 5.69 Å². The van der Waals surface area contributed by atoms with Crippen molar-refractivity contribution < 1.29 is 23.0 Å². The molecule has 2 aromatic heterocycles.